The summed E-state index contributed by atoms with van der Waals surface area (Å²) in [5.41, 5.74) is 2.11. The molecule has 0 aliphatic carbocycles. The molecule has 1 aliphatic heterocycles. The van der Waals surface area contributed by atoms with Crippen molar-refractivity contribution in [2.24, 2.45) is 0 Å². The first-order valence-corrected chi connectivity index (χ1v) is 10.0. The van der Waals surface area contributed by atoms with Crippen molar-refractivity contribution >= 4 is 17.4 Å². The molecule has 0 radical (unpaired) electrons. The van der Waals surface area contributed by atoms with Gasteiger partial charge >= 0.3 is 6.36 Å². The third kappa shape index (κ3) is 6.39. The predicted molar refractivity (Wildman–Crippen MR) is 116 cm³/mol. The van der Waals surface area contributed by atoms with E-state index in [1.54, 1.807) is 18.5 Å². The molecule has 1 aliphatic rings. The number of benzene rings is 1. The lowest BCUT2D eigenvalue weighted by Crippen LogP contribution is -2.21. The highest BCUT2D eigenvalue weighted by Gasteiger charge is 2.31. The molecule has 2 N–H and O–H groups in total. The molecule has 1 amide bonds. The van der Waals surface area contributed by atoms with Crippen LogP contribution in [0.2, 0.25) is 0 Å². The van der Waals surface area contributed by atoms with Crippen LogP contribution in [-0.2, 0) is 0 Å². The number of alkyl halides is 3. The van der Waals surface area contributed by atoms with Gasteiger partial charge in [-0.15, -0.1) is 13.2 Å². The lowest BCUT2D eigenvalue weighted by atomic mass is 10.1. The van der Waals surface area contributed by atoms with Crippen LogP contribution in [0.3, 0.4) is 0 Å². The zero-order chi connectivity index (χ0) is 23.8. The number of nitrogens with one attached hydrogen (secondary N) is 1. The Balaban J connectivity index is 0.00000149. The predicted octanol–water partition coefficient (Wildman–Crippen LogP) is 3.90. The average molecular weight is 461 g/mol. The topological polar surface area (TPSA) is 100 Å². The number of pyridine rings is 1. The van der Waals surface area contributed by atoms with Crippen molar-refractivity contribution in [1.82, 2.24) is 15.0 Å². The molecule has 11 heteroatoms. The fourth-order valence-electron chi connectivity index (χ4n) is 3.36. The number of halogens is 3. The van der Waals surface area contributed by atoms with Crippen LogP contribution in [0.5, 0.6) is 5.75 Å². The van der Waals surface area contributed by atoms with Gasteiger partial charge in [0.1, 0.15) is 17.9 Å². The van der Waals surface area contributed by atoms with Crippen molar-refractivity contribution in [2.45, 2.75) is 19.2 Å². The van der Waals surface area contributed by atoms with E-state index in [9.17, 15) is 18.0 Å². The van der Waals surface area contributed by atoms with Gasteiger partial charge in [-0.2, -0.15) is 0 Å². The quantitative estimate of drug-likeness (QED) is 0.594. The SMILES string of the molecule is CO.O=C(Nc1ccc(OC(F)(F)F)cc1)c1cnc(N2CCCC2)c(-c2cncnc2)c1. The number of aliphatic hydroxyl groups excluding tert-OH is 1. The Morgan fingerprint density at radius 2 is 1.70 bits per heavy atom. The minimum absolute atomic E-state index is 0.303. The largest absolute Gasteiger partial charge is 0.573 e. The standard InChI is InChI=1S/C21H18F3N5O2.CH4O/c22-21(23,24)31-17-5-3-16(4-6-17)28-20(30)14-9-18(15-10-25-13-26-11-15)19(27-12-14)29-7-1-2-8-29;1-2/h3-6,9-13H,1-2,7-8H2,(H,28,30);2H,1H3. The summed E-state index contributed by atoms with van der Waals surface area (Å²) in [7, 11) is 1.00. The Hall–Kier alpha value is -3.73. The normalized spacial score (nSPS) is 13.2. The van der Waals surface area contributed by atoms with E-state index in [4.69, 9.17) is 5.11 Å². The van der Waals surface area contributed by atoms with Gasteiger partial charge in [-0.3, -0.25) is 4.79 Å². The van der Waals surface area contributed by atoms with Crippen LogP contribution in [0.1, 0.15) is 23.2 Å². The Kier molecular flexibility index (Phi) is 7.78. The molecule has 0 unspecified atom stereocenters. The van der Waals surface area contributed by atoms with Crippen molar-refractivity contribution in [1.29, 1.82) is 0 Å². The molecular formula is C22H22F3N5O3. The van der Waals surface area contributed by atoms with E-state index in [1.165, 1.54) is 24.7 Å². The second kappa shape index (κ2) is 10.7. The minimum atomic E-state index is -4.77. The summed E-state index contributed by atoms with van der Waals surface area (Å²) in [4.78, 5) is 27.5. The van der Waals surface area contributed by atoms with Gasteiger partial charge in [-0.25, -0.2) is 15.0 Å². The van der Waals surface area contributed by atoms with E-state index in [-0.39, 0.29) is 5.75 Å². The van der Waals surface area contributed by atoms with Gasteiger partial charge in [0.05, 0.1) is 5.56 Å². The summed E-state index contributed by atoms with van der Waals surface area (Å²) in [6.45, 7) is 1.76. The van der Waals surface area contributed by atoms with Crippen LogP contribution in [0.25, 0.3) is 11.1 Å². The number of ether oxygens (including phenoxy) is 1. The van der Waals surface area contributed by atoms with Crippen LogP contribution >= 0.6 is 0 Å². The summed E-state index contributed by atoms with van der Waals surface area (Å²) in [5.74, 6) is -0.0472. The van der Waals surface area contributed by atoms with Gasteiger partial charge in [0.25, 0.3) is 5.91 Å². The Morgan fingerprint density at radius 1 is 1.06 bits per heavy atom. The second-order valence-corrected chi connectivity index (χ2v) is 6.94. The van der Waals surface area contributed by atoms with Crippen LogP contribution in [0.4, 0.5) is 24.7 Å². The Bertz CT molecular complexity index is 1060. The molecule has 0 atom stereocenters. The number of rotatable bonds is 5. The fraction of sp³-hybridized carbons (Fsp3) is 0.273. The highest BCUT2D eigenvalue weighted by atomic mass is 19.4. The summed E-state index contributed by atoms with van der Waals surface area (Å²) in [6.07, 6.45) is 3.60. The van der Waals surface area contributed by atoms with Crippen LogP contribution in [0, 0.1) is 0 Å². The summed E-state index contributed by atoms with van der Waals surface area (Å²) >= 11 is 0. The molecular weight excluding hydrogens is 439 g/mol. The molecule has 1 saturated heterocycles. The Labute approximate surface area is 188 Å². The number of carbonyl (C=O) groups is 1. The number of anilines is 2. The van der Waals surface area contributed by atoms with Gasteiger partial charge in [-0.05, 0) is 43.2 Å². The second-order valence-electron chi connectivity index (χ2n) is 6.94. The van der Waals surface area contributed by atoms with Crippen LogP contribution in [0.15, 0.2) is 55.2 Å². The van der Waals surface area contributed by atoms with Crippen LogP contribution in [-0.4, -0.2) is 52.5 Å². The molecule has 1 fully saturated rings. The molecule has 4 rings (SSSR count). The monoisotopic (exact) mass is 461 g/mol. The third-order valence-electron chi connectivity index (χ3n) is 4.75. The number of nitrogens with zero attached hydrogens (tertiary/aromatic N) is 4. The van der Waals surface area contributed by atoms with E-state index >= 15 is 0 Å². The lowest BCUT2D eigenvalue weighted by molar-refractivity contribution is -0.274. The Morgan fingerprint density at radius 3 is 2.30 bits per heavy atom. The fourth-order valence-corrected chi connectivity index (χ4v) is 3.36. The highest BCUT2D eigenvalue weighted by Crippen LogP contribution is 2.31. The molecule has 33 heavy (non-hydrogen) atoms. The van der Waals surface area contributed by atoms with E-state index < -0.39 is 12.3 Å². The highest BCUT2D eigenvalue weighted by molar-refractivity contribution is 6.05. The molecule has 3 heterocycles. The minimum Gasteiger partial charge on any atom is -0.406 e. The van der Waals surface area contributed by atoms with Gasteiger partial charge in [0.15, 0.2) is 0 Å². The van der Waals surface area contributed by atoms with Gasteiger partial charge in [0.2, 0.25) is 0 Å². The average Bonchev–Trinajstić information content (AvgIpc) is 3.36. The van der Waals surface area contributed by atoms with Crippen molar-refractivity contribution in [3.63, 3.8) is 0 Å². The molecule has 8 nitrogen and oxygen atoms in total. The number of amides is 1. The van der Waals surface area contributed by atoms with Gasteiger partial charge < -0.3 is 20.1 Å². The number of carbonyl (C=O) groups excluding carboxylic acids is 1. The molecule has 3 aromatic rings. The molecule has 0 spiro atoms. The van der Waals surface area contributed by atoms with Crippen molar-refractivity contribution < 1.29 is 27.8 Å². The maximum atomic E-state index is 12.7. The van der Waals surface area contributed by atoms with Crippen molar-refractivity contribution in [3.05, 3.63) is 60.8 Å². The summed E-state index contributed by atoms with van der Waals surface area (Å²) in [5, 5.41) is 9.66. The first-order chi connectivity index (χ1) is 15.9. The summed E-state index contributed by atoms with van der Waals surface area (Å²) < 4.78 is 40.7. The van der Waals surface area contributed by atoms with Crippen molar-refractivity contribution in [2.75, 3.05) is 30.4 Å². The molecule has 2 aromatic heterocycles. The lowest BCUT2D eigenvalue weighted by Gasteiger charge is -2.20. The van der Waals surface area contributed by atoms with Gasteiger partial charge in [0, 0.05) is 55.6 Å². The number of hydrogen-bond acceptors (Lipinski definition) is 7. The van der Waals surface area contributed by atoms with Gasteiger partial charge in [-0.1, -0.05) is 0 Å². The maximum absolute atomic E-state index is 12.7. The first-order valence-electron chi connectivity index (χ1n) is 10.0. The van der Waals surface area contributed by atoms with Crippen LogP contribution < -0.4 is 15.0 Å². The zero-order valence-corrected chi connectivity index (χ0v) is 17.7. The third-order valence-corrected chi connectivity index (χ3v) is 4.75. The number of aliphatic hydroxyl groups is 1. The molecule has 1 aromatic carbocycles. The van der Waals surface area contributed by atoms with E-state index in [2.05, 4.69) is 29.9 Å². The summed E-state index contributed by atoms with van der Waals surface area (Å²) in [6, 6.07) is 6.64. The number of hydrogen-bond donors (Lipinski definition) is 2. The van der Waals surface area contributed by atoms with E-state index in [0.29, 0.717) is 11.3 Å². The first kappa shape index (κ1) is 23.9. The molecule has 0 saturated carbocycles. The van der Waals surface area contributed by atoms with E-state index in [0.717, 1.165) is 62.1 Å². The van der Waals surface area contributed by atoms with E-state index in [1.807, 2.05) is 0 Å². The van der Waals surface area contributed by atoms with Crippen molar-refractivity contribution in [3.8, 4) is 16.9 Å². The number of aromatic nitrogens is 3. The molecule has 174 valence electrons. The smallest absolute Gasteiger partial charge is 0.406 e. The maximum Gasteiger partial charge on any atom is 0.573 e. The molecule has 0 bridgehead atoms. The zero-order valence-electron chi connectivity index (χ0n) is 17.7.